The van der Waals surface area contributed by atoms with Crippen molar-refractivity contribution in [3.05, 3.63) is 29.3 Å². The molecule has 0 bridgehead atoms. The van der Waals surface area contributed by atoms with E-state index in [1.54, 1.807) is 12.1 Å². The van der Waals surface area contributed by atoms with Crippen LogP contribution in [0, 0.1) is 5.92 Å². The molecule has 0 saturated carbocycles. The Hall–Kier alpha value is -0.420. The van der Waals surface area contributed by atoms with Crippen LogP contribution in [0.15, 0.2) is 29.2 Å². The van der Waals surface area contributed by atoms with Gasteiger partial charge in [-0.1, -0.05) is 11.6 Å². The maximum absolute atomic E-state index is 12.3. The molecule has 3 unspecified atom stereocenters. The number of hydrogen-bond donors (Lipinski definition) is 1. The highest BCUT2D eigenvalue weighted by atomic mass is 35.5. The summed E-state index contributed by atoms with van der Waals surface area (Å²) in [5.41, 5.74) is 0. The summed E-state index contributed by atoms with van der Waals surface area (Å²) < 4.78 is 17.7. The van der Waals surface area contributed by atoms with Gasteiger partial charge >= 0.3 is 0 Å². The molecule has 1 fully saturated rings. The van der Waals surface area contributed by atoms with Crippen molar-refractivity contribution >= 4 is 22.4 Å². The Balaban J connectivity index is 1.98. The number of hydrogen-bond acceptors (Lipinski definition) is 3. The minimum atomic E-state index is -0.994. The molecular formula is C13H18ClNO2S. The summed E-state index contributed by atoms with van der Waals surface area (Å²) >= 11 is 5.83. The highest BCUT2D eigenvalue weighted by Gasteiger charge is 2.26. The smallest absolute Gasteiger partial charge is 0.0545 e. The zero-order chi connectivity index (χ0) is 13.0. The van der Waals surface area contributed by atoms with E-state index < -0.39 is 10.8 Å². The zero-order valence-electron chi connectivity index (χ0n) is 10.4. The molecule has 5 heteroatoms. The number of rotatable bonds is 5. The fourth-order valence-corrected chi connectivity index (χ4v) is 3.69. The molecule has 1 saturated heterocycles. The molecule has 1 N–H and O–H groups in total. The van der Waals surface area contributed by atoms with Gasteiger partial charge in [0, 0.05) is 34.2 Å². The van der Waals surface area contributed by atoms with Crippen molar-refractivity contribution in [3.63, 3.8) is 0 Å². The van der Waals surface area contributed by atoms with E-state index in [1.165, 1.54) is 0 Å². The van der Waals surface area contributed by atoms with Crippen molar-refractivity contribution < 1.29 is 8.95 Å². The highest BCUT2D eigenvalue weighted by Crippen LogP contribution is 2.20. The van der Waals surface area contributed by atoms with Gasteiger partial charge in [0.15, 0.2) is 0 Å². The van der Waals surface area contributed by atoms with Gasteiger partial charge in [-0.3, -0.25) is 4.21 Å². The first kappa shape index (κ1) is 14.0. The molecule has 1 aliphatic heterocycles. The molecule has 3 atom stereocenters. The average molecular weight is 288 g/mol. The topological polar surface area (TPSA) is 38.3 Å². The van der Waals surface area contributed by atoms with Gasteiger partial charge in [0.25, 0.3) is 0 Å². The first-order valence-electron chi connectivity index (χ1n) is 6.09. The van der Waals surface area contributed by atoms with Crippen LogP contribution in [-0.2, 0) is 15.5 Å². The van der Waals surface area contributed by atoms with Crippen molar-refractivity contribution in [2.24, 2.45) is 5.92 Å². The average Bonchev–Trinajstić information content (AvgIpc) is 2.90. The molecule has 0 aromatic heterocycles. The second kappa shape index (κ2) is 6.66. The molecule has 3 nitrogen and oxygen atoms in total. The minimum Gasteiger partial charge on any atom is -0.381 e. The van der Waals surface area contributed by atoms with E-state index in [1.807, 2.05) is 19.2 Å². The predicted octanol–water partition coefficient (Wildman–Crippen LogP) is 2.07. The van der Waals surface area contributed by atoms with Crippen LogP contribution < -0.4 is 5.32 Å². The van der Waals surface area contributed by atoms with Gasteiger partial charge in [0.1, 0.15) is 0 Å². The van der Waals surface area contributed by atoms with Crippen molar-refractivity contribution in [2.45, 2.75) is 17.4 Å². The van der Waals surface area contributed by atoms with Gasteiger partial charge in [0.05, 0.1) is 17.4 Å². The summed E-state index contributed by atoms with van der Waals surface area (Å²) in [6.45, 7) is 1.58. The highest BCUT2D eigenvalue weighted by molar-refractivity contribution is 7.85. The van der Waals surface area contributed by atoms with E-state index in [-0.39, 0.29) is 6.04 Å². The molecule has 100 valence electrons. The maximum atomic E-state index is 12.3. The molecule has 18 heavy (non-hydrogen) atoms. The largest absolute Gasteiger partial charge is 0.381 e. The second-order valence-electron chi connectivity index (χ2n) is 4.48. The summed E-state index contributed by atoms with van der Waals surface area (Å²) in [6.07, 6.45) is 1.04. The zero-order valence-corrected chi connectivity index (χ0v) is 12.0. The SMILES string of the molecule is CNC(CS(=O)c1ccc(Cl)cc1)C1CCOC1. The lowest BCUT2D eigenvalue weighted by atomic mass is 10.0. The number of nitrogens with one attached hydrogen (secondary N) is 1. The molecule has 0 radical (unpaired) electrons. The van der Waals surface area contributed by atoms with Crippen LogP contribution in [0.5, 0.6) is 0 Å². The third-order valence-electron chi connectivity index (χ3n) is 3.31. The lowest BCUT2D eigenvalue weighted by Crippen LogP contribution is -2.38. The molecule has 0 spiro atoms. The van der Waals surface area contributed by atoms with Crippen molar-refractivity contribution in [2.75, 3.05) is 26.0 Å². The Morgan fingerprint density at radius 2 is 2.22 bits per heavy atom. The van der Waals surface area contributed by atoms with Crippen LogP contribution in [0.3, 0.4) is 0 Å². The summed E-state index contributed by atoms with van der Waals surface area (Å²) in [7, 11) is 0.924. The number of benzene rings is 1. The maximum Gasteiger partial charge on any atom is 0.0545 e. The fourth-order valence-electron chi connectivity index (χ4n) is 2.17. The van der Waals surface area contributed by atoms with Gasteiger partial charge in [-0.25, -0.2) is 0 Å². The minimum absolute atomic E-state index is 0.240. The monoisotopic (exact) mass is 287 g/mol. The van der Waals surface area contributed by atoms with Crippen molar-refractivity contribution in [1.29, 1.82) is 0 Å². The van der Waals surface area contributed by atoms with E-state index in [9.17, 15) is 4.21 Å². The third-order valence-corrected chi connectivity index (χ3v) is 5.02. The number of ether oxygens (including phenoxy) is 1. The Bertz CT molecular complexity index is 404. The van der Waals surface area contributed by atoms with Crippen LogP contribution in [0.25, 0.3) is 0 Å². The summed E-state index contributed by atoms with van der Waals surface area (Å²) in [5, 5.41) is 3.93. The molecule has 2 rings (SSSR count). The first-order chi connectivity index (χ1) is 8.70. The van der Waals surface area contributed by atoms with Crippen LogP contribution in [0.2, 0.25) is 5.02 Å². The van der Waals surface area contributed by atoms with E-state index >= 15 is 0 Å². The van der Waals surface area contributed by atoms with Crippen LogP contribution >= 0.6 is 11.6 Å². The molecule has 1 aliphatic rings. The van der Waals surface area contributed by atoms with Crippen molar-refractivity contribution in [3.8, 4) is 0 Å². The Morgan fingerprint density at radius 3 is 2.78 bits per heavy atom. The lowest BCUT2D eigenvalue weighted by Gasteiger charge is -2.21. The number of halogens is 1. The van der Waals surface area contributed by atoms with E-state index in [4.69, 9.17) is 16.3 Å². The molecule has 0 aliphatic carbocycles. The normalized spacial score (nSPS) is 22.9. The lowest BCUT2D eigenvalue weighted by molar-refractivity contribution is 0.179. The summed E-state index contributed by atoms with van der Waals surface area (Å²) in [5.74, 6) is 1.08. The Morgan fingerprint density at radius 1 is 1.50 bits per heavy atom. The van der Waals surface area contributed by atoms with E-state index in [0.717, 1.165) is 24.5 Å². The van der Waals surface area contributed by atoms with E-state index in [2.05, 4.69) is 5.32 Å². The van der Waals surface area contributed by atoms with Crippen LogP contribution in [0.4, 0.5) is 0 Å². The fraction of sp³-hybridized carbons (Fsp3) is 0.538. The Kier molecular flexibility index (Phi) is 5.18. The van der Waals surface area contributed by atoms with Crippen molar-refractivity contribution in [1.82, 2.24) is 5.32 Å². The molecule has 0 amide bonds. The molecular weight excluding hydrogens is 270 g/mol. The van der Waals surface area contributed by atoms with E-state index in [0.29, 0.717) is 16.7 Å². The first-order valence-corrected chi connectivity index (χ1v) is 7.79. The third kappa shape index (κ3) is 3.54. The van der Waals surface area contributed by atoms with Crippen LogP contribution in [-0.4, -0.2) is 36.3 Å². The summed E-state index contributed by atoms with van der Waals surface area (Å²) in [4.78, 5) is 0.832. The quantitative estimate of drug-likeness (QED) is 0.901. The molecule has 1 heterocycles. The van der Waals surface area contributed by atoms with Gasteiger partial charge in [-0.15, -0.1) is 0 Å². The van der Waals surface area contributed by atoms with Gasteiger partial charge in [-0.2, -0.15) is 0 Å². The standard InChI is InChI=1S/C13H18ClNO2S/c1-15-13(10-6-7-17-8-10)9-18(16)12-4-2-11(14)3-5-12/h2-5,10,13,15H,6-9H2,1H3. The van der Waals surface area contributed by atoms with Gasteiger partial charge < -0.3 is 10.1 Å². The molecule has 1 aromatic carbocycles. The Labute approximate surface area is 115 Å². The summed E-state index contributed by atoms with van der Waals surface area (Å²) in [6, 6.07) is 7.46. The predicted molar refractivity (Wildman–Crippen MR) is 74.5 cm³/mol. The second-order valence-corrected chi connectivity index (χ2v) is 6.42. The van der Waals surface area contributed by atoms with Gasteiger partial charge in [-0.05, 0) is 37.7 Å². The van der Waals surface area contributed by atoms with Gasteiger partial charge in [0.2, 0.25) is 0 Å². The molecule has 1 aromatic rings. The van der Waals surface area contributed by atoms with Crippen LogP contribution in [0.1, 0.15) is 6.42 Å².